The molecule has 2 atom stereocenters. The average molecular weight is 622 g/mol. The number of hydrogen-bond acceptors (Lipinski definition) is 12. The smallest absolute Gasteiger partial charge is 0.288 e. The van der Waals surface area contributed by atoms with E-state index in [1.807, 2.05) is 39.6 Å². The van der Waals surface area contributed by atoms with Gasteiger partial charge in [0.25, 0.3) is 17.5 Å². The summed E-state index contributed by atoms with van der Waals surface area (Å²) >= 11 is 2.49. The largest absolute Gasteiger partial charge is 0.543 e. The van der Waals surface area contributed by atoms with Crippen LogP contribution in [0.5, 0.6) is 0 Å². The Morgan fingerprint density at radius 1 is 1.37 bits per heavy atom. The van der Waals surface area contributed by atoms with Crippen LogP contribution in [0.2, 0.25) is 0 Å². The molecular weight excluding hydrogens is 594 g/mol. The molecule has 1 fully saturated rings. The molecule has 2 amide bonds. The molecule has 218 valence electrons. The van der Waals surface area contributed by atoms with Gasteiger partial charge in [-0.05, 0) is 13.0 Å². The summed E-state index contributed by atoms with van der Waals surface area (Å²) in [5.74, 6) is -1.53. The van der Waals surface area contributed by atoms with E-state index in [0.29, 0.717) is 24.4 Å². The number of hydrogen-bond donors (Lipinski definition) is 4. The fourth-order valence-corrected chi connectivity index (χ4v) is 6.42. The minimum absolute atomic E-state index is 0. The molecule has 17 heteroatoms. The van der Waals surface area contributed by atoms with Crippen molar-refractivity contribution < 1.29 is 28.9 Å². The number of aromatic nitrogens is 3. The van der Waals surface area contributed by atoms with Crippen molar-refractivity contribution in [1.82, 2.24) is 19.6 Å². The summed E-state index contributed by atoms with van der Waals surface area (Å²) in [4.78, 5) is 48.8. The lowest BCUT2D eigenvalue weighted by atomic mass is 10.0. The lowest BCUT2D eigenvalue weighted by molar-refractivity contribution is -0.662. The zero-order chi connectivity index (χ0) is 28.4. The van der Waals surface area contributed by atoms with E-state index < -0.39 is 29.2 Å². The molecule has 3 aromatic rings. The second kappa shape index (κ2) is 12.8. The number of rotatable bonds is 11. The molecule has 2 aliphatic rings. The topological polar surface area (TPSA) is 196 Å². The van der Waals surface area contributed by atoms with E-state index in [1.54, 1.807) is 12.3 Å². The van der Waals surface area contributed by atoms with Gasteiger partial charge in [-0.3, -0.25) is 14.5 Å². The molecule has 0 aromatic carbocycles. The van der Waals surface area contributed by atoms with Crippen LogP contribution in [0.4, 0.5) is 10.9 Å². The van der Waals surface area contributed by atoms with Gasteiger partial charge in [0, 0.05) is 41.9 Å². The summed E-state index contributed by atoms with van der Waals surface area (Å²) in [7, 11) is 0. The fraction of sp³-hybridized carbons (Fsp3) is 0.333. The Morgan fingerprint density at radius 2 is 2.17 bits per heavy atom. The predicted molar refractivity (Wildman–Crippen MR) is 154 cm³/mol. The van der Waals surface area contributed by atoms with Crippen molar-refractivity contribution in [2.75, 3.05) is 36.5 Å². The van der Waals surface area contributed by atoms with Gasteiger partial charge in [-0.1, -0.05) is 5.16 Å². The number of β-lactam (4-membered cyclic amide) rings is 1. The van der Waals surface area contributed by atoms with Crippen LogP contribution < -0.4 is 31.8 Å². The Balaban J connectivity index is 0.00000387. The number of nitrogen functional groups attached to an aromatic ring is 1. The lowest BCUT2D eigenvalue weighted by Crippen LogP contribution is -2.71. The number of nitrogens with two attached hydrogens (primary N) is 2. The van der Waals surface area contributed by atoms with Crippen molar-refractivity contribution in [1.29, 1.82) is 0 Å². The zero-order valence-corrected chi connectivity index (χ0v) is 24.3. The number of nitrogens with zero attached hydrogens (tertiary/aromatic N) is 5. The summed E-state index contributed by atoms with van der Waals surface area (Å²) in [5, 5.41) is 23.2. The van der Waals surface area contributed by atoms with Gasteiger partial charge in [-0.15, -0.1) is 35.5 Å². The number of nitrogens with one attached hydrogen (secondary N) is 2. The van der Waals surface area contributed by atoms with E-state index in [-0.39, 0.29) is 47.8 Å². The second-order valence-electron chi connectivity index (χ2n) is 8.81. The number of aliphatic carboxylic acids is 1. The number of carboxylic acid groups (broad SMARTS) is 1. The number of carbonyl (C=O) groups excluding carboxylic acids is 3. The normalized spacial score (nSPS) is 18.4. The van der Waals surface area contributed by atoms with Crippen LogP contribution >= 0.6 is 35.5 Å². The molecule has 0 unspecified atom stereocenters. The standard InChI is InChI=1S/C24H27N9O5S2.ClH/c1-2-38-30-17(14-12-40-24(26)28-14)20(34)29-18-21(35)33-19(23(36)37)13(11-39-22(18)33)10-31-8-9-32-15(27-7-6-25)4-3-5-16(31)32;/h3-5,8-9,12,18,22H,2,6-7,10-11,25H2,1H3,(H4,26,28,29,34,36,37);1H/b30-17-;/t18-,22-;/m1./s1. The molecule has 41 heavy (non-hydrogen) atoms. The first-order valence-electron chi connectivity index (χ1n) is 12.4. The van der Waals surface area contributed by atoms with E-state index in [0.717, 1.165) is 22.8 Å². The van der Waals surface area contributed by atoms with E-state index in [4.69, 9.17) is 16.3 Å². The maximum atomic E-state index is 13.2. The molecule has 0 radical (unpaired) electrons. The molecule has 6 N–H and O–H groups in total. The number of halogens is 1. The monoisotopic (exact) mass is 621 g/mol. The molecule has 3 aromatic heterocycles. The van der Waals surface area contributed by atoms with Crippen molar-refractivity contribution in [3.63, 3.8) is 0 Å². The highest BCUT2D eigenvalue weighted by atomic mass is 35.5. The number of pyridine rings is 1. The quantitative estimate of drug-likeness (QED) is 0.0883. The average Bonchev–Trinajstić information content (AvgIpc) is 3.56. The third-order valence-electron chi connectivity index (χ3n) is 6.30. The van der Waals surface area contributed by atoms with Gasteiger partial charge in [0.2, 0.25) is 0 Å². The van der Waals surface area contributed by atoms with Crippen LogP contribution in [0.1, 0.15) is 12.6 Å². The lowest BCUT2D eigenvalue weighted by Gasteiger charge is -2.50. The zero-order valence-electron chi connectivity index (χ0n) is 21.8. The maximum Gasteiger partial charge on any atom is 0.288 e. The number of oxime groups is 1. The first-order valence-corrected chi connectivity index (χ1v) is 14.3. The SMILES string of the molecule is CCO/N=C(\C(=O)N[C@@H]1C(=O)N2C(C(=O)[O-])=C(C[n+]3ccn4c(NCCN)cccc43)CS[C@H]12)c1csc(N)n1.Cl. The summed E-state index contributed by atoms with van der Waals surface area (Å²) in [6, 6.07) is 4.75. The number of anilines is 2. The number of imidazole rings is 1. The Kier molecular flexibility index (Phi) is 9.37. The number of amides is 2. The van der Waals surface area contributed by atoms with Crippen molar-refractivity contribution >= 4 is 75.6 Å². The Bertz CT molecular complexity index is 1540. The molecule has 14 nitrogen and oxygen atoms in total. The first-order chi connectivity index (χ1) is 19.3. The number of carbonyl (C=O) groups is 3. The molecule has 5 heterocycles. The van der Waals surface area contributed by atoms with Gasteiger partial charge >= 0.3 is 0 Å². The van der Waals surface area contributed by atoms with Crippen LogP contribution in [0.25, 0.3) is 5.65 Å². The number of fused-ring (bicyclic) bond motifs is 2. The number of carboxylic acids is 1. The third-order valence-corrected chi connectivity index (χ3v) is 8.31. The van der Waals surface area contributed by atoms with Gasteiger partial charge < -0.3 is 36.8 Å². The first kappa shape index (κ1) is 30.1. The van der Waals surface area contributed by atoms with E-state index >= 15 is 0 Å². The third kappa shape index (κ3) is 5.81. The highest BCUT2D eigenvalue weighted by Gasteiger charge is 2.53. The molecule has 1 saturated heterocycles. The Morgan fingerprint density at radius 3 is 2.85 bits per heavy atom. The molecular formula is C24H28ClN9O5S2. The number of thioether (sulfide) groups is 1. The minimum Gasteiger partial charge on any atom is -0.543 e. The number of thiazole rings is 1. The highest BCUT2D eigenvalue weighted by molar-refractivity contribution is 8.00. The van der Waals surface area contributed by atoms with Crippen LogP contribution in [-0.4, -0.2) is 74.6 Å². The summed E-state index contributed by atoms with van der Waals surface area (Å²) < 4.78 is 3.83. The minimum atomic E-state index is -1.45. The van der Waals surface area contributed by atoms with Crippen LogP contribution in [0, 0.1) is 0 Å². The molecule has 0 spiro atoms. The van der Waals surface area contributed by atoms with Gasteiger partial charge in [-0.2, -0.15) is 4.40 Å². The van der Waals surface area contributed by atoms with Crippen molar-refractivity contribution in [2.45, 2.75) is 24.9 Å². The van der Waals surface area contributed by atoms with E-state index in [9.17, 15) is 19.5 Å². The van der Waals surface area contributed by atoms with Gasteiger partial charge in [-0.25, -0.2) is 9.55 Å². The van der Waals surface area contributed by atoms with Gasteiger partial charge in [0.15, 0.2) is 16.7 Å². The molecule has 0 bridgehead atoms. The molecule has 0 aliphatic carbocycles. The Hall–Kier alpha value is -3.86. The maximum absolute atomic E-state index is 13.2. The van der Waals surface area contributed by atoms with Crippen LogP contribution in [0.3, 0.4) is 0 Å². The highest BCUT2D eigenvalue weighted by Crippen LogP contribution is 2.40. The van der Waals surface area contributed by atoms with E-state index in [2.05, 4.69) is 20.8 Å². The summed E-state index contributed by atoms with van der Waals surface area (Å²) in [5.41, 5.74) is 12.6. The predicted octanol–water partition coefficient (Wildman–Crippen LogP) is -1.10. The van der Waals surface area contributed by atoms with E-state index in [1.165, 1.54) is 16.7 Å². The van der Waals surface area contributed by atoms with Gasteiger partial charge in [0.05, 0.1) is 11.7 Å². The molecule has 0 saturated carbocycles. The second-order valence-corrected chi connectivity index (χ2v) is 10.8. The van der Waals surface area contributed by atoms with Crippen molar-refractivity contribution in [2.24, 2.45) is 10.9 Å². The van der Waals surface area contributed by atoms with Crippen LogP contribution in [-0.2, 0) is 25.8 Å². The molecule has 2 aliphatic heterocycles. The molecule has 5 rings (SSSR count). The van der Waals surface area contributed by atoms with Crippen molar-refractivity contribution in [3.05, 3.63) is 52.9 Å². The van der Waals surface area contributed by atoms with Crippen LogP contribution in [0.15, 0.2) is 52.4 Å². The van der Waals surface area contributed by atoms with Crippen molar-refractivity contribution in [3.8, 4) is 0 Å². The summed E-state index contributed by atoms with van der Waals surface area (Å²) in [6.45, 7) is 3.23. The summed E-state index contributed by atoms with van der Waals surface area (Å²) in [6.07, 6.45) is 3.70. The van der Waals surface area contributed by atoms with Gasteiger partial charge in [0.1, 0.15) is 42.7 Å². The fourth-order valence-electron chi connectivity index (χ4n) is 4.54. The Labute approximate surface area is 248 Å².